The molecule has 2 heterocycles. The van der Waals surface area contributed by atoms with Crippen LogP contribution in [0, 0.1) is 6.92 Å². The number of imidazole rings is 1. The van der Waals surface area contributed by atoms with Crippen molar-refractivity contribution < 1.29 is 9.90 Å². The number of aliphatic carboxylic acids is 1. The minimum absolute atomic E-state index is 0.0193. The van der Waals surface area contributed by atoms with Gasteiger partial charge in [0.15, 0.2) is 5.16 Å². The Bertz CT molecular complexity index is 605. The molecule has 0 atom stereocenters. The van der Waals surface area contributed by atoms with Gasteiger partial charge in [-0.2, -0.15) is 0 Å². The Morgan fingerprint density at radius 2 is 2.20 bits per heavy atom. The Labute approximate surface area is 126 Å². The Morgan fingerprint density at radius 3 is 2.75 bits per heavy atom. The van der Waals surface area contributed by atoms with E-state index in [1.54, 1.807) is 11.3 Å². The highest BCUT2D eigenvalue weighted by atomic mass is 32.2. The summed E-state index contributed by atoms with van der Waals surface area (Å²) in [5.41, 5.74) is 1.10. The van der Waals surface area contributed by atoms with Gasteiger partial charge in [0.2, 0.25) is 0 Å². The van der Waals surface area contributed by atoms with Gasteiger partial charge in [-0.3, -0.25) is 4.79 Å². The first kappa shape index (κ1) is 15.1. The summed E-state index contributed by atoms with van der Waals surface area (Å²) in [6.45, 7) is 6.88. The number of nitrogens with zero attached hydrogens (tertiary/aromatic N) is 3. The molecule has 5 nitrogen and oxygen atoms in total. The van der Waals surface area contributed by atoms with Gasteiger partial charge in [0.1, 0.15) is 5.01 Å². The smallest absolute Gasteiger partial charge is 0.313 e. The maximum Gasteiger partial charge on any atom is 0.313 e. The number of thiazole rings is 1. The number of hydrogen-bond acceptors (Lipinski definition) is 5. The molecule has 0 fully saturated rings. The van der Waals surface area contributed by atoms with E-state index in [0.717, 1.165) is 15.9 Å². The normalized spacial score (nSPS) is 11.2. The molecule has 2 aromatic heterocycles. The van der Waals surface area contributed by atoms with Gasteiger partial charge in [-0.25, -0.2) is 9.97 Å². The molecule has 0 bridgehead atoms. The lowest BCUT2D eigenvalue weighted by Crippen LogP contribution is -2.08. The zero-order valence-electron chi connectivity index (χ0n) is 11.7. The Balaban J connectivity index is 2.26. The highest BCUT2D eigenvalue weighted by Crippen LogP contribution is 2.25. The summed E-state index contributed by atoms with van der Waals surface area (Å²) >= 11 is 2.90. The van der Waals surface area contributed by atoms with Crippen molar-refractivity contribution >= 4 is 29.1 Å². The van der Waals surface area contributed by atoms with Gasteiger partial charge in [-0.05, 0) is 12.8 Å². The number of hydrogen-bond donors (Lipinski definition) is 1. The minimum Gasteiger partial charge on any atom is -0.481 e. The van der Waals surface area contributed by atoms with E-state index in [2.05, 4.69) is 28.4 Å². The van der Waals surface area contributed by atoms with Gasteiger partial charge in [0, 0.05) is 23.0 Å². The third-order valence-corrected chi connectivity index (χ3v) is 4.60. The van der Waals surface area contributed by atoms with Crippen molar-refractivity contribution in [3.8, 4) is 0 Å². The topological polar surface area (TPSA) is 68.0 Å². The van der Waals surface area contributed by atoms with Gasteiger partial charge in [0.05, 0.1) is 12.3 Å². The lowest BCUT2D eigenvalue weighted by molar-refractivity contribution is -0.133. The van der Waals surface area contributed by atoms with E-state index in [-0.39, 0.29) is 5.75 Å². The number of rotatable bonds is 6. The quantitative estimate of drug-likeness (QED) is 0.831. The summed E-state index contributed by atoms with van der Waals surface area (Å²) in [7, 11) is 0. The molecule has 20 heavy (non-hydrogen) atoms. The van der Waals surface area contributed by atoms with Crippen LogP contribution in [0.4, 0.5) is 0 Å². The second kappa shape index (κ2) is 6.41. The highest BCUT2D eigenvalue weighted by molar-refractivity contribution is 7.99. The molecule has 0 spiro atoms. The molecular formula is C13H17N3O2S2. The van der Waals surface area contributed by atoms with Gasteiger partial charge in [0.25, 0.3) is 0 Å². The lowest BCUT2D eigenvalue weighted by atomic mass is 10.1. The molecular weight excluding hydrogens is 294 g/mol. The fourth-order valence-corrected chi connectivity index (χ4v) is 3.32. The van der Waals surface area contributed by atoms with Crippen LogP contribution in [-0.2, 0) is 11.3 Å². The first-order valence-electron chi connectivity index (χ1n) is 6.28. The summed E-state index contributed by atoms with van der Waals surface area (Å²) in [5.74, 6) is -0.477. The molecule has 0 radical (unpaired) electrons. The molecule has 2 aromatic rings. The fourth-order valence-electron chi connectivity index (χ4n) is 1.84. The van der Waals surface area contributed by atoms with E-state index >= 15 is 0 Å². The van der Waals surface area contributed by atoms with E-state index in [0.29, 0.717) is 12.5 Å². The summed E-state index contributed by atoms with van der Waals surface area (Å²) in [6, 6.07) is 0. The van der Waals surface area contributed by atoms with Crippen LogP contribution < -0.4 is 0 Å². The third kappa shape index (κ3) is 3.61. The minimum atomic E-state index is -0.833. The number of aromatic nitrogens is 3. The molecule has 2 rings (SSSR count). The zero-order chi connectivity index (χ0) is 14.7. The molecule has 0 saturated heterocycles. The van der Waals surface area contributed by atoms with Crippen molar-refractivity contribution in [3.63, 3.8) is 0 Å². The van der Waals surface area contributed by atoms with Crippen LogP contribution in [0.15, 0.2) is 17.6 Å². The summed E-state index contributed by atoms with van der Waals surface area (Å²) in [4.78, 5) is 20.6. The molecule has 0 aliphatic heterocycles. The molecule has 0 amide bonds. The average molecular weight is 311 g/mol. The SMILES string of the molecule is Cc1cnc(Cn2c(C(C)C)cnc2SCC(=O)O)s1. The molecule has 0 aliphatic carbocycles. The second-order valence-corrected chi connectivity index (χ2v) is 7.02. The van der Waals surface area contributed by atoms with Crippen molar-refractivity contribution in [2.24, 2.45) is 0 Å². The number of carboxylic acid groups (broad SMARTS) is 1. The van der Waals surface area contributed by atoms with Gasteiger partial charge in [-0.15, -0.1) is 11.3 Å². The molecule has 0 saturated carbocycles. The van der Waals surface area contributed by atoms with E-state index in [4.69, 9.17) is 5.11 Å². The number of carbonyl (C=O) groups is 1. The van der Waals surface area contributed by atoms with Gasteiger partial charge >= 0.3 is 5.97 Å². The highest BCUT2D eigenvalue weighted by Gasteiger charge is 2.15. The Hall–Kier alpha value is -1.34. The van der Waals surface area contributed by atoms with Crippen LogP contribution >= 0.6 is 23.1 Å². The molecule has 0 aromatic carbocycles. The van der Waals surface area contributed by atoms with Crippen molar-refractivity contribution in [2.75, 3.05) is 5.75 Å². The van der Waals surface area contributed by atoms with Crippen molar-refractivity contribution in [3.05, 3.63) is 28.0 Å². The number of aryl methyl sites for hydroxylation is 1. The van der Waals surface area contributed by atoms with E-state index in [9.17, 15) is 4.79 Å². The maximum atomic E-state index is 10.7. The van der Waals surface area contributed by atoms with Crippen LogP contribution in [0.3, 0.4) is 0 Å². The second-order valence-electron chi connectivity index (χ2n) is 4.75. The van der Waals surface area contributed by atoms with Crippen LogP contribution in [0.1, 0.15) is 35.3 Å². The van der Waals surface area contributed by atoms with E-state index in [1.807, 2.05) is 19.3 Å². The van der Waals surface area contributed by atoms with Crippen LogP contribution in [-0.4, -0.2) is 31.4 Å². The Kier molecular flexibility index (Phi) is 4.82. The zero-order valence-corrected chi connectivity index (χ0v) is 13.3. The van der Waals surface area contributed by atoms with Crippen LogP contribution in [0.25, 0.3) is 0 Å². The first-order chi connectivity index (χ1) is 9.47. The van der Waals surface area contributed by atoms with Crippen molar-refractivity contribution in [1.29, 1.82) is 0 Å². The van der Waals surface area contributed by atoms with E-state index in [1.165, 1.54) is 16.6 Å². The first-order valence-corrected chi connectivity index (χ1v) is 8.09. The molecule has 0 aliphatic rings. The predicted octanol–water partition coefficient (Wildman–Crippen LogP) is 3.00. The van der Waals surface area contributed by atoms with Crippen molar-refractivity contribution in [1.82, 2.24) is 14.5 Å². The summed E-state index contributed by atoms with van der Waals surface area (Å²) < 4.78 is 2.07. The molecule has 1 N–H and O–H groups in total. The third-order valence-electron chi connectivity index (χ3n) is 2.73. The van der Waals surface area contributed by atoms with Crippen LogP contribution in [0.2, 0.25) is 0 Å². The molecule has 108 valence electrons. The molecule has 0 unspecified atom stereocenters. The summed E-state index contributed by atoms with van der Waals surface area (Å²) in [6.07, 6.45) is 3.69. The van der Waals surface area contributed by atoms with Gasteiger partial charge < -0.3 is 9.67 Å². The standard InChI is InChI=1S/C13H17N3O2S2/c1-8(2)10-5-15-13(19-7-12(17)18)16(10)6-11-14-4-9(3)20-11/h4-5,8H,6-7H2,1-3H3,(H,17,18). The largest absolute Gasteiger partial charge is 0.481 e. The van der Waals surface area contributed by atoms with Crippen LogP contribution in [0.5, 0.6) is 0 Å². The number of thioether (sulfide) groups is 1. The average Bonchev–Trinajstić information content (AvgIpc) is 2.94. The van der Waals surface area contributed by atoms with E-state index < -0.39 is 5.97 Å². The lowest BCUT2D eigenvalue weighted by Gasteiger charge is -2.12. The predicted molar refractivity (Wildman–Crippen MR) is 80.6 cm³/mol. The molecule has 7 heteroatoms. The fraction of sp³-hybridized carbons (Fsp3) is 0.462. The number of carboxylic acids is 1. The maximum absolute atomic E-state index is 10.7. The summed E-state index contributed by atoms with van der Waals surface area (Å²) in [5, 5.41) is 10.6. The Morgan fingerprint density at radius 1 is 1.45 bits per heavy atom. The van der Waals surface area contributed by atoms with Gasteiger partial charge in [-0.1, -0.05) is 25.6 Å². The monoisotopic (exact) mass is 311 g/mol. The van der Waals surface area contributed by atoms with Crippen molar-refractivity contribution in [2.45, 2.75) is 38.4 Å².